The summed E-state index contributed by atoms with van der Waals surface area (Å²) in [6.45, 7) is 0.122. The van der Waals surface area contributed by atoms with Gasteiger partial charge in [-0.3, -0.25) is 9.59 Å². The summed E-state index contributed by atoms with van der Waals surface area (Å²) in [5, 5.41) is 27.0. The van der Waals surface area contributed by atoms with Crippen LogP contribution in [0, 0.1) is 0 Å². The van der Waals surface area contributed by atoms with Gasteiger partial charge in [0, 0.05) is 12.8 Å². The van der Waals surface area contributed by atoms with Crippen molar-refractivity contribution in [1.82, 2.24) is 0 Å². The molecule has 0 atom stereocenters. The minimum absolute atomic E-state index is 0.0415. The van der Waals surface area contributed by atoms with Crippen LogP contribution in [0.15, 0.2) is 12.1 Å². The van der Waals surface area contributed by atoms with Gasteiger partial charge in [-0.25, -0.2) is 9.59 Å². The maximum Gasteiger partial charge on any atom is 0.335 e. The molecule has 0 saturated heterocycles. The van der Waals surface area contributed by atoms with Crippen molar-refractivity contribution in [2.75, 3.05) is 6.61 Å². The van der Waals surface area contributed by atoms with E-state index in [0.717, 1.165) is 6.07 Å². The lowest BCUT2D eigenvalue weighted by atomic mass is 9.94. The van der Waals surface area contributed by atoms with E-state index in [0.29, 0.717) is 0 Å². The van der Waals surface area contributed by atoms with E-state index in [1.54, 1.807) is 0 Å². The van der Waals surface area contributed by atoms with Gasteiger partial charge in [0.05, 0.1) is 17.7 Å². The van der Waals surface area contributed by atoms with Crippen LogP contribution >= 0.6 is 0 Å². The lowest BCUT2D eigenvalue weighted by molar-refractivity contribution is -0.137. The molecule has 0 aliphatic rings. The van der Waals surface area contributed by atoms with Crippen LogP contribution in [0.1, 0.15) is 38.3 Å². The summed E-state index contributed by atoms with van der Waals surface area (Å²) in [5.74, 6) is -3.67. The van der Waals surface area contributed by atoms with Gasteiger partial charge in [0.1, 0.15) is 0 Å². The van der Waals surface area contributed by atoms with E-state index in [2.05, 4.69) is 4.74 Å². The first-order chi connectivity index (χ1) is 10.4. The molecule has 0 fully saturated rings. The molecular formula is C14H14O8. The fraction of sp³-hybridized carbons (Fsp3) is 0.286. The quantitative estimate of drug-likeness (QED) is 0.450. The number of hydrogen-bond acceptors (Lipinski definition) is 5. The average molecular weight is 310 g/mol. The molecule has 0 amide bonds. The molecule has 0 bridgehead atoms. The lowest BCUT2D eigenvalue weighted by Gasteiger charge is -2.12. The number of hydrogen-bond donors (Lipinski definition) is 3. The van der Waals surface area contributed by atoms with Crippen LogP contribution in [0.2, 0.25) is 0 Å². The third-order valence-electron chi connectivity index (χ3n) is 2.96. The smallest absolute Gasteiger partial charge is 0.335 e. The molecule has 1 aromatic rings. The molecule has 118 valence electrons. The average Bonchev–Trinajstić information content (AvgIpc) is 2.44. The predicted octanol–water partition coefficient (Wildman–Crippen LogP) is 0.816. The minimum Gasteiger partial charge on any atom is -0.481 e. The highest BCUT2D eigenvalue weighted by atomic mass is 16.5. The second kappa shape index (κ2) is 7.77. The summed E-state index contributed by atoms with van der Waals surface area (Å²) in [7, 11) is 0. The summed E-state index contributed by atoms with van der Waals surface area (Å²) in [4.78, 5) is 43.2. The standard InChI is InChI=1S/C14H14O8/c15-7-22-4-3-9-6-10(13(18)19)8(1-2-12(16)17)5-11(9)14(20)21/h5-7H,1-4H2,(H,16,17)(H,18,19)(H,20,21). The van der Waals surface area contributed by atoms with Crippen molar-refractivity contribution < 1.29 is 39.2 Å². The SMILES string of the molecule is O=COCCc1cc(C(=O)O)c(CCC(=O)O)cc1C(=O)O. The summed E-state index contributed by atoms with van der Waals surface area (Å²) >= 11 is 0. The molecule has 1 aromatic carbocycles. The summed E-state index contributed by atoms with van der Waals surface area (Å²) < 4.78 is 4.48. The van der Waals surface area contributed by atoms with Crippen LogP contribution in [-0.4, -0.2) is 46.3 Å². The number of rotatable bonds is 9. The predicted molar refractivity (Wildman–Crippen MR) is 72.0 cm³/mol. The number of carbonyl (C=O) groups is 4. The number of aliphatic carboxylic acids is 1. The first-order valence-electron chi connectivity index (χ1n) is 6.26. The third-order valence-corrected chi connectivity index (χ3v) is 2.96. The molecule has 3 N–H and O–H groups in total. The fourth-order valence-electron chi connectivity index (χ4n) is 1.96. The van der Waals surface area contributed by atoms with Crippen molar-refractivity contribution in [3.63, 3.8) is 0 Å². The number of aromatic carboxylic acids is 2. The Hall–Kier alpha value is -2.90. The normalized spacial score (nSPS) is 10.0. The molecule has 0 heterocycles. The van der Waals surface area contributed by atoms with E-state index in [1.165, 1.54) is 6.07 Å². The summed E-state index contributed by atoms with van der Waals surface area (Å²) in [6.07, 6.45) is -0.366. The molecule has 22 heavy (non-hydrogen) atoms. The summed E-state index contributed by atoms with van der Waals surface area (Å²) in [5.41, 5.74) is 0.0328. The van der Waals surface area contributed by atoms with Crippen molar-refractivity contribution in [2.45, 2.75) is 19.3 Å². The van der Waals surface area contributed by atoms with Crippen LogP contribution in [0.4, 0.5) is 0 Å². The Morgan fingerprint density at radius 2 is 1.45 bits per heavy atom. The maximum absolute atomic E-state index is 11.3. The summed E-state index contributed by atoms with van der Waals surface area (Å²) in [6, 6.07) is 2.34. The Labute approximate surface area is 124 Å². The van der Waals surface area contributed by atoms with Gasteiger partial charge in [-0.05, 0) is 29.7 Å². The van der Waals surface area contributed by atoms with Gasteiger partial charge in [0.25, 0.3) is 6.47 Å². The maximum atomic E-state index is 11.3. The molecule has 0 unspecified atom stereocenters. The first kappa shape index (κ1) is 17.2. The number of carboxylic acids is 3. The number of carbonyl (C=O) groups excluding carboxylic acids is 1. The van der Waals surface area contributed by atoms with Gasteiger partial charge >= 0.3 is 17.9 Å². The third kappa shape index (κ3) is 4.58. The Morgan fingerprint density at radius 1 is 0.955 bits per heavy atom. The largest absolute Gasteiger partial charge is 0.481 e. The number of ether oxygens (including phenoxy) is 1. The van der Waals surface area contributed by atoms with Crippen LogP contribution in [0.5, 0.6) is 0 Å². The van der Waals surface area contributed by atoms with Gasteiger partial charge in [-0.1, -0.05) is 0 Å². The van der Waals surface area contributed by atoms with Crippen molar-refractivity contribution in [3.05, 3.63) is 34.4 Å². The molecule has 1 rings (SSSR count). The van der Waals surface area contributed by atoms with Crippen molar-refractivity contribution in [1.29, 1.82) is 0 Å². The minimum atomic E-state index is -1.28. The Kier molecular flexibility index (Phi) is 6.06. The Balaban J connectivity index is 3.24. The highest BCUT2D eigenvalue weighted by Crippen LogP contribution is 2.20. The number of benzene rings is 1. The monoisotopic (exact) mass is 310 g/mol. The molecule has 0 radical (unpaired) electrons. The molecular weight excluding hydrogens is 296 g/mol. The lowest BCUT2D eigenvalue weighted by Crippen LogP contribution is -2.12. The second-order valence-electron chi connectivity index (χ2n) is 4.39. The van der Waals surface area contributed by atoms with Crippen molar-refractivity contribution in [2.24, 2.45) is 0 Å². The van der Waals surface area contributed by atoms with Gasteiger partial charge in [-0.2, -0.15) is 0 Å². The molecule has 0 saturated carbocycles. The number of aryl methyl sites for hydroxylation is 1. The van der Waals surface area contributed by atoms with E-state index in [-0.39, 0.29) is 54.6 Å². The molecule has 0 aromatic heterocycles. The van der Waals surface area contributed by atoms with Crippen LogP contribution in [-0.2, 0) is 27.2 Å². The van der Waals surface area contributed by atoms with Gasteiger partial charge in [-0.15, -0.1) is 0 Å². The zero-order chi connectivity index (χ0) is 16.7. The second-order valence-corrected chi connectivity index (χ2v) is 4.39. The van der Waals surface area contributed by atoms with E-state index < -0.39 is 17.9 Å². The molecule has 8 heteroatoms. The molecule has 0 aliphatic heterocycles. The van der Waals surface area contributed by atoms with E-state index in [1.807, 2.05) is 0 Å². The molecule has 0 aliphatic carbocycles. The van der Waals surface area contributed by atoms with Crippen LogP contribution in [0.25, 0.3) is 0 Å². The van der Waals surface area contributed by atoms with E-state index >= 15 is 0 Å². The number of carboxylic acid groups (broad SMARTS) is 3. The zero-order valence-electron chi connectivity index (χ0n) is 11.4. The van der Waals surface area contributed by atoms with E-state index in [4.69, 9.17) is 5.11 Å². The Morgan fingerprint density at radius 3 is 1.86 bits per heavy atom. The van der Waals surface area contributed by atoms with Gasteiger partial charge < -0.3 is 20.1 Å². The Bertz CT molecular complexity index is 605. The molecule has 8 nitrogen and oxygen atoms in total. The highest BCUT2D eigenvalue weighted by Gasteiger charge is 2.19. The van der Waals surface area contributed by atoms with Gasteiger partial charge in [0.15, 0.2) is 0 Å². The van der Waals surface area contributed by atoms with Crippen LogP contribution < -0.4 is 0 Å². The highest BCUT2D eigenvalue weighted by molar-refractivity contribution is 5.94. The molecule has 0 spiro atoms. The first-order valence-corrected chi connectivity index (χ1v) is 6.26. The van der Waals surface area contributed by atoms with Gasteiger partial charge in [0.2, 0.25) is 0 Å². The zero-order valence-corrected chi connectivity index (χ0v) is 11.4. The van der Waals surface area contributed by atoms with E-state index in [9.17, 15) is 29.4 Å². The van der Waals surface area contributed by atoms with Crippen molar-refractivity contribution in [3.8, 4) is 0 Å². The van der Waals surface area contributed by atoms with Crippen LogP contribution in [0.3, 0.4) is 0 Å². The fourth-order valence-corrected chi connectivity index (χ4v) is 1.96. The topological polar surface area (TPSA) is 138 Å². The van der Waals surface area contributed by atoms with Crippen molar-refractivity contribution >= 4 is 24.4 Å².